The predicted octanol–water partition coefficient (Wildman–Crippen LogP) is 4.18. The summed E-state index contributed by atoms with van der Waals surface area (Å²) in [6, 6.07) is 2.54. The molecular weight excluding hydrogens is 192 g/mol. The summed E-state index contributed by atoms with van der Waals surface area (Å²) in [5.41, 5.74) is 8.59. The molecule has 0 saturated heterocycles. The zero-order valence-electron chi connectivity index (χ0n) is 10.6. The van der Waals surface area contributed by atoms with Gasteiger partial charge in [-0.05, 0) is 78.7 Å². The minimum Gasteiger partial charge on any atom is -0.0587 e. The number of benzene rings is 1. The van der Waals surface area contributed by atoms with Crippen molar-refractivity contribution in [2.24, 2.45) is 0 Å². The lowest BCUT2D eigenvalue weighted by Crippen LogP contribution is -2.11. The fourth-order valence-electron chi connectivity index (χ4n) is 3.72. The second kappa shape index (κ2) is 3.91. The average molecular weight is 214 g/mol. The van der Waals surface area contributed by atoms with Gasteiger partial charge < -0.3 is 0 Å². The third-order valence-electron chi connectivity index (χ3n) is 4.35. The molecule has 0 spiro atoms. The molecule has 2 aliphatic carbocycles. The van der Waals surface area contributed by atoms with Crippen molar-refractivity contribution in [1.29, 1.82) is 0 Å². The van der Waals surface area contributed by atoms with E-state index < -0.39 is 0 Å². The topological polar surface area (TPSA) is 0 Å². The second-order valence-electron chi connectivity index (χ2n) is 5.78. The van der Waals surface area contributed by atoms with Crippen LogP contribution in [0.3, 0.4) is 0 Å². The van der Waals surface area contributed by atoms with Crippen LogP contribution in [-0.2, 0) is 25.7 Å². The third kappa shape index (κ3) is 1.50. The first-order valence-electron chi connectivity index (χ1n) is 6.93. The van der Waals surface area contributed by atoms with Crippen molar-refractivity contribution >= 4 is 0 Å². The molecule has 0 radical (unpaired) electrons. The Morgan fingerprint density at radius 1 is 0.812 bits per heavy atom. The molecule has 0 unspecified atom stereocenters. The zero-order chi connectivity index (χ0) is 11.1. The van der Waals surface area contributed by atoms with Crippen molar-refractivity contribution in [3.63, 3.8) is 0 Å². The minimum absolute atomic E-state index is 0.722. The lowest BCUT2D eigenvalue weighted by Gasteiger charge is -2.25. The molecule has 3 rings (SSSR count). The van der Waals surface area contributed by atoms with Crippen LogP contribution in [0.5, 0.6) is 0 Å². The molecule has 16 heavy (non-hydrogen) atoms. The molecule has 0 atom stereocenters. The maximum absolute atomic E-state index is 2.54. The van der Waals surface area contributed by atoms with Gasteiger partial charge in [-0.25, -0.2) is 0 Å². The van der Waals surface area contributed by atoms with Crippen molar-refractivity contribution in [1.82, 2.24) is 0 Å². The van der Waals surface area contributed by atoms with Gasteiger partial charge in [0.15, 0.2) is 0 Å². The van der Waals surface area contributed by atoms with Crippen molar-refractivity contribution in [2.45, 2.75) is 64.7 Å². The Hall–Kier alpha value is -0.780. The Bertz CT molecular complexity index is 413. The van der Waals surface area contributed by atoms with Crippen LogP contribution in [0, 0.1) is 0 Å². The highest BCUT2D eigenvalue weighted by molar-refractivity contribution is 5.50. The lowest BCUT2D eigenvalue weighted by molar-refractivity contribution is 0.667. The quantitative estimate of drug-likeness (QED) is 0.658. The molecule has 2 aliphatic rings. The van der Waals surface area contributed by atoms with Gasteiger partial charge in [0.05, 0.1) is 0 Å². The molecule has 0 heteroatoms. The lowest BCUT2D eigenvalue weighted by atomic mass is 9.80. The third-order valence-corrected chi connectivity index (χ3v) is 4.35. The monoisotopic (exact) mass is 214 g/mol. The summed E-state index contributed by atoms with van der Waals surface area (Å²) in [5.74, 6) is 0.722. The molecule has 0 bridgehead atoms. The van der Waals surface area contributed by atoms with E-state index in [4.69, 9.17) is 0 Å². The number of hydrogen-bond acceptors (Lipinski definition) is 0. The van der Waals surface area contributed by atoms with Crippen LogP contribution in [-0.4, -0.2) is 0 Å². The first-order valence-corrected chi connectivity index (χ1v) is 6.93. The summed E-state index contributed by atoms with van der Waals surface area (Å²) in [6.07, 6.45) is 9.56. The van der Waals surface area contributed by atoms with Gasteiger partial charge in [0.1, 0.15) is 0 Å². The van der Waals surface area contributed by atoms with E-state index in [0.717, 1.165) is 5.92 Å². The first kappa shape index (κ1) is 10.4. The second-order valence-corrected chi connectivity index (χ2v) is 5.78. The smallest absolute Gasteiger partial charge is 0.0213 e. The maximum Gasteiger partial charge on any atom is -0.0213 e. The fraction of sp³-hybridized carbons (Fsp3) is 0.625. The molecule has 1 aromatic rings. The van der Waals surface area contributed by atoms with E-state index in [9.17, 15) is 0 Å². The zero-order valence-corrected chi connectivity index (χ0v) is 10.6. The Kier molecular flexibility index (Phi) is 2.53. The van der Waals surface area contributed by atoms with Crippen molar-refractivity contribution in [3.05, 3.63) is 33.9 Å². The van der Waals surface area contributed by atoms with Gasteiger partial charge in [0, 0.05) is 0 Å². The van der Waals surface area contributed by atoms with E-state index in [-0.39, 0.29) is 0 Å². The molecule has 0 nitrogen and oxygen atoms in total. The number of rotatable bonds is 1. The Morgan fingerprint density at radius 2 is 1.38 bits per heavy atom. The largest absolute Gasteiger partial charge is 0.0587 e. The van der Waals surface area contributed by atoms with Gasteiger partial charge in [-0.2, -0.15) is 0 Å². The molecule has 0 heterocycles. The summed E-state index contributed by atoms with van der Waals surface area (Å²) < 4.78 is 0. The van der Waals surface area contributed by atoms with Gasteiger partial charge >= 0.3 is 0 Å². The molecule has 0 aromatic heterocycles. The SMILES string of the molecule is CC(C)c1c2c(cc3c1CCC3)CCCC2. The van der Waals surface area contributed by atoms with E-state index in [1.807, 2.05) is 0 Å². The average Bonchev–Trinajstić information content (AvgIpc) is 2.72. The fourth-order valence-corrected chi connectivity index (χ4v) is 3.72. The van der Waals surface area contributed by atoms with Crippen LogP contribution in [0.4, 0.5) is 0 Å². The van der Waals surface area contributed by atoms with Crippen LogP contribution >= 0.6 is 0 Å². The molecule has 86 valence electrons. The Labute approximate surface area is 99.1 Å². The van der Waals surface area contributed by atoms with Gasteiger partial charge in [-0.1, -0.05) is 19.9 Å². The van der Waals surface area contributed by atoms with Crippen molar-refractivity contribution in [2.75, 3.05) is 0 Å². The van der Waals surface area contributed by atoms with Crippen LogP contribution < -0.4 is 0 Å². The van der Waals surface area contributed by atoms with E-state index in [1.165, 1.54) is 44.9 Å². The highest BCUT2D eigenvalue weighted by Crippen LogP contribution is 2.37. The molecule has 0 saturated carbocycles. The standard InChI is InChI=1S/C16H22/c1-11(2)16-14-8-4-3-6-12(14)10-13-7-5-9-15(13)16/h10-11H,3-9H2,1-2H3. The van der Waals surface area contributed by atoms with Crippen LogP contribution in [0.1, 0.15) is 66.8 Å². The predicted molar refractivity (Wildman–Crippen MR) is 69.2 cm³/mol. The number of hydrogen-bond donors (Lipinski definition) is 0. The summed E-state index contributed by atoms with van der Waals surface area (Å²) in [6.45, 7) is 4.76. The number of aryl methyl sites for hydroxylation is 2. The Morgan fingerprint density at radius 3 is 2.06 bits per heavy atom. The first-order chi connectivity index (χ1) is 7.77. The van der Waals surface area contributed by atoms with Crippen LogP contribution in [0.25, 0.3) is 0 Å². The van der Waals surface area contributed by atoms with E-state index in [2.05, 4.69) is 19.9 Å². The van der Waals surface area contributed by atoms with Gasteiger partial charge in [-0.15, -0.1) is 0 Å². The maximum atomic E-state index is 2.54. The van der Waals surface area contributed by atoms with Gasteiger partial charge in [0.25, 0.3) is 0 Å². The molecule has 0 amide bonds. The highest BCUT2D eigenvalue weighted by atomic mass is 14.3. The molecule has 0 fully saturated rings. The molecule has 0 aliphatic heterocycles. The van der Waals surface area contributed by atoms with Crippen LogP contribution in [0.2, 0.25) is 0 Å². The normalized spacial score (nSPS) is 18.7. The van der Waals surface area contributed by atoms with Crippen molar-refractivity contribution < 1.29 is 0 Å². The summed E-state index contributed by atoms with van der Waals surface area (Å²) in [4.78, 5) is 0. The molecule has 0 N–H and O–H groups in total. The van der Waals surface area contributed by atoms with E-state index in [0.29, 0.717) is 0 Å². The van der Waals surface area contributed by atoms with E-state index >= 15 is 0 Å². The highest BCUT2D eigenvalue weighted by Gasteiger charge is 2.23. The summed E-state index contributed by atoms with van der Waals surface area (Å²) in [5, 5.41) is 0. The Balaban J connectivity index is 2.21. The van der Waals surface area contributed by atoms with Crippen molar-refractivity contribution in [3.8, 4) is 0 Å². The summed E-state index contributed by atoms with van der Waals surface area (Å²) in [7, 11) is 0. The molecular formula is C16H22. The van der Waals surface area contributed by atoms with Gasteiger partial charge in [0.2, 0.25) is 0 Å². The minimum atomic E-state index is 0.722. The molecule has 1 aromatic carbocycles. The van der Waals surface area contributed by atoms with Gasteiger partial charge in [-0.3, -0.25) is 0 Å². The van der Waals surface area contributed by atoms with E-state index in [1.54, 1.807) is 27.8 Å². The number of fused-ring (bicyclic) bond motifs is 2. The summed E-state index contributed by atoms with van der Waals surface area (Å²) >= 11 is 0. The van der Waals surface area contributed by atoms with Crippen LogP contribution in [0.15, 0.2) is 6.07 Å².